The molecular formula is C11H16BrNO2S. The number of halogens is 1. The summed E-state index contributed by atoms with van der Waals surface area (Å²) in [5.74, 6) is 0. The summed E-state index contributed by atoms with van der Waals surface area (Å²) in [5, 5.41) is 0. The van der Waals surface area contributed by atoms with E-state index >= 15 is 0 Å². The molecule has 1 aromatic carbocycles. The molecule has 0 saturated heterocycles. The molecule has 0 amide bonds. The van der Waals surface area contributed by atoms with Gasteiger partial charge in [-0.2, -0.15) is 0 Å². The summed E-state index contributed by atoms with van der Waals surface area (Å²) in [6, 6.07) is 7.55. The van der Waals surface area contributed by atoms with Crippen molar-refractivity contribution in [2.24, 2.45) is 0 Å². The van der Waals surface area contributed by atoms with Crippen molar-refractivity contribution in [3.63, 3.8) is 0 Å². The molecule has 0 bridgehead atoms. The van der Waals surface area contributed by atoms with Crippen LogP contribution in [-0.4, -0.2) is 13.2 Å². The third kappa shape index (κ3) is 3.30. The maximum Gasteiger partial charge on any atom is 0.216 e. The fourth-order valence-corrected chi connectivity index (χ4v) is 2.23. The molecule has 0 aliphatic heterocycles. The van der Waals surface area contributed by atoms with Crippen LogP contribution < -0.4 is 4.72 Å². The predicted molar refractivity (Wildman–Crippen MR) is 69.7 cm³/mol. The minimum absolute atomic E-state index is 0.307. The molecule has 0 radical (unpaired) electrons. The Morgan fingerprint density at radius 2 is 1.81 bits per heavy atom. The smallest absolute Gasteiger partial charge is 0.212 e. The van der Waals surface area contributed by atoms with Gasteiger partial charge in [-0.15, -0.1) is 0 Å². The number of benzene rings is 1. The van der Waals surface area contributed by atoms with Crippen molar-refractivity contribution in [1.29, 1.82) is 0 Å². The van der Waals surface area contributed by atoms with E-state index in [1.807, 2.05) is 24.3 Å². The molecule has 1 aromatic rings. The van der Waals surface area contributed by atoms with Crippen LogP contribution >= 0.6 is 15.9 Å². The van der Waals surface area contributed by atoms with Gasteiger partial charge in [0.1, 0.15) is 0 Å². The highest BCUT2D eigenvalue weighted by molar-refractivity contribution is 9.10. The molecule has 0 aromatic heterocycles. The zero-order valence-corrected chi connectivity index (χ0v) is 12.0. The van der Waals surface area contributed by atoms with E-state index in [9.17, 15) is 8.42 Å². The molecule has 0 aliphatic carbocycles. The summed E-state index contributed by atoms with van der Waals surface area (Å²) in [6.45, 7) is 5.33. The molecule has 0 unspecified atom stereocenters. The Morgan fingerprint density at radius 3 is 2.31 bits per heavy atom. The van der Waals surface area contributed by atoms with E-state index in [-0.39, 0.29) is 0 Å². The van der Waals surface area contributed by atoms with E-state index in [2.05, 4.69) is 20.7 Å². The average molecular weight is 306 g/mol. The first-order chi connectivity index (χ1) is 7.24. The lowest BCUT2D eigenvalue weighted by Crippen LogP contribution is -2.38. The van der Waals surface area contributed by atoms with E-state index in [0.29, 0.717) is 6.54 Å². The van der Waals surface area contributed by atoms with E-state index < -0.39 is 14.8 Å². The van der Waals surface area contributed by atoms with Gasteiger partial charge < -0.3 is 0 Å². The Bertz CT molecular complexity index is 463. The van der Waals surface area contributed by atoms with Gasteiger partial charge >= 0.3 is 0 Å². The van der Waals surface area contributed by atoms with Crippen LogP contribution in [-0.2, 0) is 16.6 Å². The molecule has 0 atom stereocenters. The quantitative estimate of drug-likeness (QED) is 0.933. The van der Waals surface area contributed by atoms with E-state index in [1.165, 1.54) is 0 Å². The normalized spacial score (nSPS) is 12.8. The molecule has 5 heteroatoms. The number of nitrogens with one attached hydrogen (secondary N) is 1. The third-order valence-corrected chi connectivity index (χ3v) is 5.13. The van der Waals surface area contributed by atoms with Crippen molar-refractivity contribution in [3.8, 4) is 0 Å². The molecular weight excluding hydrogens is 290 g/mol. The Kier molecular flexibility index (Phi) is 4.15. The molecule has 0 fully saturated rings. The lowest BCUT2D eigenvalue weighted by atomic mass is 10.2. The van der Waals surface area contributed by atoms with Gasteiger partial charge in [-0.05, 0) is 32.4 Å². The van der Waals surface area contributed by atoms with Crippen molar-refractivity contribution in [1.82, 2.24) is 4.72 Å². The number of hydrogen-bond donors (Lipinski definition) is 1. The predicted octanol–water partition coefficient (Wildman–Crippen LogP) is 2.67. The van der Waals surface area contributed by atoms with Crippen molar-refractivity contribution < 1.29 is 8.42 Å². The zero-order valence-electron chi connectivity index (χ0n) is 9.62. The van der Waals surface area contributed by atoms with E-state index in [4.69, 9.17) is 0 Å². The van der Waals surface area contributed by atoms with Gasteiger partial charge in [0.15, 0.2) is 0 Å². The highest BCUT2D eigenvalue weighted by Crippen LogP contribution is 2.18. The molecule has 0 heterocycles. The minimum Gasteiger partial charge on any atom is -0.212 e. The van der Waals surface area contributed by atoms with Gasteiger partial charge in [0.05, 0.1) is 4.75 Å². The number of sulfonamides is 1. The molecule has 1 N–H and O–H groups in total. The lowest BCUT2D eigenvalue weighted by Gasteiger charge is -2.19. The fraction of sp³-hybridized carbons (Fsp3) is 0.455. The monoisotopic (exact) mass is 305 g/mol. The molecule has 0 spiro atoms. The largest absolute Gasteiger partial charge is 0.216 e. The van der Waals surface area contributed by atoms with Crippen LogP contribution in [0.3, 0.4) is 0 Å². The van der Waals surface area contributed by atoms with Crippen LogP contribution in [0.25, 0.3) is 0 Å². The van der Waals surface area contributed by atoms with Crippen LogP contribution in [0.5, 0.6) is 0 Å². The van der Waals surface area contributed by atoms with Crippen molar-refractivity contribution >= 4 is 26.0 Å². The van der Waals surface area contributed by atoms with Crippen molar-refractivity contribution in [2.75, 3.05) is 0 Å². The van der Waals surface area contributed by atoms with Crippen LogP contribution in [0.1, 0.15) is 26.3 Å². The average Bonchev–Trinajstić information content (AvgIpc) is 2.15. The van der Waals surface area contributed by atoms with Crippen molar-refractivity contribution in [2.45, 2.75) is 32.1 Å². The van der Waals surface area contributed by atoms with Crippen LogP contribution in [0.4, 0.5) is 0 Å². The summed E-state index contributed by atoms with van der Waals surface area (Å²) >= 11 is 3.38. The van der Waals surface area contributed by atoms with E-state index in [1.54, 1.807) is 20.8 Å². The van der Waals surface area contributed by atoms with Gasteiger partial charge in [0.2, 0.25) is 10.0 Å². The summed E-state index contributed by atoms with van der Waals surface area (Å²) in [4.78, 5) is 0. The first-order valence-corrected chi connectivity index (χ1v) is 7.24. The number of hydrogen-bond acceptors (Lipinski definition) is 2. The van der Waals surface area contributed by atoms with E-state index in [0.717, 1.165) is 10.0 Å². The highest BCUT2D eigenvalue weighted by Gasteiger charge is 2.28. The second kappa shape index (κ2) is 4.85. The number of rotatable bonds is 3. The van der Waals surface area contributed by atoms with Crippen LogP contribution in [0, 0.1) is 0 Å². The summed E-state index contributed by atoms with van der Waals surface area (Å²) in [7, 11) is -3.28. The Hall–Kier alpha value is -0.390. The Labute approximate surface area is 105 Å². The minimum atomic E-state index is -3.28. The second-order valence-electron chi connectivity index (χ2n) is 4.53. The van der Waals surface area contributed by atoms with Crippen LogP contribution in [0.15, 0.2) is 28.7 Å². The maximum atomic E-state index is 11.8. The SMILES string of the molecule is CC(C)(C)S(=O)(=O)NCc1ccccc1Br. The van der Waals surface area contributed by atoms with Crippen LogP contribution in [0.2, 0.25) is 0 Å². The first kappa shape index (κ1) is 13.7. The maximum absolute atomic E-state index is 11.8. The standard InChI is InChI=1S/C11H16BrNO2S/c1-11(2,3)16(14,15)13-8-9-6-4-5-7-10(9)12/h4-7,13H,8H2,1-3H3. The lowest BCUT2D eigenvalue weighted by molar-refractivity contribution is 0.544. The third-order valence-electron chi connectivity index (χ3n) is 2.22. The van der Waals surface area contributed by atoms with Gasteiger partial charge in [0, 0.05) is 11.0 Å². The summed E-state index contributed by atoms with van der Waals surface area (Å²) in [5.41, 5.74) is 0.926. The molecule has 16 heavy (non-hydrogen) atoms. The molecule has 90 valence electrons. The Morgan fingerprint density at radius 1 is 1.25 bits per heavy atom. The zero-order chi connectivity index (χ0) is 12.4. The summed E-state index contributed by atoms with van der Waals surface area (Å²) in [6.07, 6.45) is 0. The van der Waals surface area contributed by atoms with Gasteiger partial charge in [-0.1, -0.05) is 34.1 Å². The second-order valence-corrected chi connectivity index (χ2v) is 7.90. The highest BCUT2D eigenvalue weighted by atomic mass is 79.9. The molecule has 0 saturated carbocycles. The van der Waals surface area contributed by atoms with Gasteiger partial charge in [-0.25, -0.2) is 13.1 Å². The molecule has 0 aliphatic rings. The topological polar surface area (TPSA) is 46.2 Å². The Balaban J connectivity index is 2.77. The first-order valence-electron chi connectivity index (χ1n) is 4.97. The van der Waals surface area contributed by atoms with Gasteiger partial charge in [0.25, 0.3) is 0 Å². The summed E-state index contributed by atoms with van der Waals surface area (Å²) < 4.78 is 26.3. The van der Waals surface area contributed by atoms with Gasteiger partial charge in [-0.3, -0.25) is 0 Å². The fourth-order valence-electron chi connectivity index (χ4n) is 1.03. The molecule has 3 nitrogen and oxygen atoms in total. The van der Waals surface area contributed by atoms with Crippen molar-refractivity contribution in [3.05, 3.63) is 34.3 Å². The molecule has 1 rings (SSSR count).